The van der Waals surface area contributed by atoms with Crippen LogP contribution in [-0.4, -0.2) is 39.9 Å². The predicted octanol–water partition coefficient (Wildman–Crippen LogP) is 2.28. The predicted molar refractivity (Wildman–Crippen MR) is 125 cm³/mol. The third kappa shape index (κ3) is 7.39. The number of para-hydroxylation sites is 1. The Morgan fingerprint density at radius 2 is 1.74 bits per heavy atom. The number of hydrogen-bond donors (Lipinski definition) is 2. The highest BCUT2D eigenvalue weighted by Gasteiger charge is 2.16. The molecule has 2 amide bonds. The number of carbonyl (C=O) groups excluding carboxylic acids is 3. The molecular formula is C24H22N2O8S. The molecule has 0 bridgehead atoms. The Labute approximate surface area is 201 Å². The van der Waals surface area contributed by atoms with Crippen molar-refractivity contribution in [2.75, 3.05) is 13.7 Å². The van der Waals surface area contributed by atoms with Crippen LogP contribution < -0.4 is 14.8 Å². The van der Waals surface area contributed by atoms with Gasteiger partial charge in [0.05, 0.1) is 30.4 Å². The van der Waals surface area contributed by atoms with E-state index in [9.17, 15) is 22.8 Å². The molecule has 0 fully saturated rings. The molecular weight excluding hydrogens is 476 g/mol. The van der Waals surface area contributed by atoms with Crippen molar-refractivity contribution >= 4 is 33.9 Å². The maximum absolute atomic E-state index is 12.3. The number of sulfonamides is 1. The normalized spacial score (nSPS) is 11.2. The van der Waals surface area contributed by atoms with Crippen molar-refractivity contribution < 1.29 is 36.7 Å². The number of furan rings is 1. The number of rotatable bonds is 10. The van der Waals surface area contributed by atoms with Crippen LogP contribution in [0.5, 0.6) is 5.75 Å². The summed E-state index contributed by atoms with van der Waals surface area (Å²) in [5, 5.41) is 2.11. The molecule has 0 aliphatic heterocycles. The maximum Gasteiger partial charge on any atom is 0.331 e. The van der Waals surface area contributed by atoms with E-state index in [4.69, 9.17) is 13.9 Å². The Morgan fingerprint density at radius 1 is 1.00 bits per heavy atom. The third-order valence-corrected chi connectivity index (χ3v) is 5.99. The molecule has 2 N–H and O–H groups in total. The van der Waals surface area contributed by atoms with Crippen LogP contribution in [0.25, 0.3) is 6.08 Å². The van der Waals surface area contributed by atoms with Crippen LogP contribution >= 0.6 is 0 Å². The summed E-state index contributed by atoms with van der Waals surface area (Å²) in [6.45, 7) is -0.649. The standard InChI is InChI=1S/C24H22N2O8S/c1-32-21-7-3-2-6-20(21)24(29)26-22(27)16-34-23(28)13-10-17-8-11-19(12-9-17)35(30,31)25-15-18-5-4-14-33-18/h2-14,25H,15-16H2,1H3,(H,26,27,29)/b13-10+. The van der Waals surface area contributed by atoms with E-state index in [2.05, 4.69) is 10.0 Å². The topological polar surface area (TPSA) is 141 Å². The molecule has 0 spiro atoms. The Hall–Kier alpha value is -4.22. The molecule has 1 aromatic heterocycles. The molecule has 0 aliphatic rings. The number of hydrogen-bond acceptors (Lipinski definition) is 8. The summed E-state index contributed by atoms with van der Waals surface area (Å²) in [7, 11) is -2.35. The number of imide groups is 1. The van der Waals surface area contributed by atoms with E-state index in [1.165, 1.54) is 49.8 Å². The first-order chi connectivity index (χ1) is 16.8. The lowest BCUT2D eigenvalue weighted by Crippen LogP contribution is -2.34. The minimum Gasteiger partial charge on any atom is -0.496 e. The lowest BCUT2D eigenvalue weighted by atomic mass is 10.2. The summed E-state index contributed by atoms with van der Waals surface area (Å²) in [4.78, 5) is 36.0. The zero-order valence-corrected chi connectivity index (χ0v) is 19.4. The highest BCUT2D eigenvalue weighted by molar-refractivity contribution is 7.89. The van der Waals surface area contributed by atoms with Crippen molar-refractivity contribution in [3.63, 3.8) is 0 Å². The molecule has 0 saturated carbocycles. The Morgan fingerprint density at radius 3 is 2.43 bits per heavy atom. The van der Waals surface area contributed by atoms with Gasteiger partial charge in [-0.05, 0) is 48.0 Å². The molecule has 0 saturated heterocycles. The van der Waals surface area contributed by atoms with Crippen LogP contribution in [-0.2, 0) is 30.9 Å². The Bertz CT molecular complexity index is 1310. The Balaban J connectivity index is 1.47. The van der Waals surface area contributed by atoms with E-state index < -0.39 is 34.4 Å². The van der Waals surface area contributed by atoms with Crippen LogP contribution in [0.3, 0.4) is 0 Å². The molecule has 1 heterocycles. The zero-order chi connectivity index (χ0) is 25.3. The number of nitrogens with one attached hydrogen (secondary N) is 2. The zero-order valence-electron chi connectivity index (χ0n) is 18.6. The number of esters is 1. The van der Waals surface area contributed by atoms with Crippen molar-refractivity contribution in [3.8, 4) is 5.75 Å². The summed E-state index contributed by atoms with van der Waals surface area (Å²) in [6.07, 6.45) is 3.92. The highest BCUT2D eigenvalue weighted by atomic mass is 32.2. The quantitative estimate of drug-likeness (QED) is 0.320. The third-order valence-electron chi connectivity index (χ3n) is 4.57. The summed E-state index contributed by atoms with van der Waals surface area (Å²) < 4.78 is 42.1. The summed E-state index contributed by atoms with van der Waals surface area (Å²) in [5.41, 5.74) is 0.693. The summed E-state index contributed by atoms with van der Waals surface area (Å²) in [5.74, 6) is -1.54. The van der Waals surface area contributed by atoms with Gasteiger partial charge in [0, 0.05) is 6.08 Å². The first-order valence-corrected chi connectivity index (χ1v) is 11.7. The second-order valence-corrected chi connectivity index (χ2v) is 8.76. The van der Waals surface area contributed by atoms with Crippen molar-refractivity contribution in [2.24, 2.45) is 0 Å². The molecule has 0 aliphatic carbocycles. The fraction of sp³-hybridized carbons (Fsp3) is 0.125. The van der Waals surface area contributed by atoms with Crippen LogP contribution in [0.15, 0.2) is 82.3 Å². The monoisotopic (exact) mass is 498 g/mol. The van der Waals surface area contributed by atoms with Gasteiger partial charge in [-0.15, -0.1) is 0 Å². The van der Waals surface area contributed by atoms with Crippen molar-refractivity contribution in [2.45, 2.75) is 11.4 Å². The SMILES string of the molecule is COc1ccccc1C(=O)NC(=O)COC(=O)/C=C/c1ccc(S(=O)(=O)NCc2ccco2)cc1. The smallest absolute Gasteiger partial charge is 0.331 e. The highest BCUT2D eigenvalue weighted by Crippen LogP contribution is 2.17. The fourth-order valence-electron chi connectivity index (χ4n) is 2.83. The fourth-order valence-corrected chi connectivity index (χ4v) is 3.83. The largest absolute Gasteiger partial charge is 0.496 e. The summed E-state index contributed by atoms with van der Waals surface area (Å²) in [6, 6.07) is 15.4. The molecule has 0 radical (unpaired) electrons. The van der Waals surface area contributed by atoms with Gasteiger partial charge in [-0.2, -0.15) is 0 Å². The van der Waals surface area contributed by atoms with Crippen LogP contribution in [0.1, 0.15) is 21.7 Å². The van der Waals surface area contributed by atoms with E-state index in [1.807, 2.05) is 0 Å². The van der Waals surface area contributed by atoms with Crippen molar-refractivity contribution in [1.82, 2.24) is 10.0 Å². The molecule has 2 aromatic carbocycles. The number of benzene rings is 2. The van der Waals surface area contributed by atoms with Crippen LogP contribution in [0, 0.1) is 0 Å². The molecule has 3 aromatic rings. The average molecular weight is 499 g/mol. The van der Waals surface area contributed by atoms with E-state index >= 15 is 0 Å². The van der Waals surface area contributed by atoms with Gasteiger partial charge in [-0.1, -0.05) is 24.3 Å². The van der Waals surface area contributed by atoms with E-state index in [0.29, 0.717) is 17.1 Å². The summed E-state index contributed by atoms with van der Waals surface area (Å²) >= 11 is 0. The van der Waals surface area contributed by atoms with Crippen LogP contribution in [0.4, 0.5) is 0 Å². The van der Waals surface area contributed by atoms with Crippen molar-refractivity contribution in [1.29, 1.82) is 0 Å². The number of amides is 2. The van der Waals surface area contributed by atoms with Gasteiger partial charge >= 0.3 is 5.97 Å². The lowest BCUT2D eigenvalue weighted by molar-refractivity contribution is -0.143. The minimum atomic E-state index is -3.74. The lowest BCUT2D eigenvalue weighted by Gasteiger charge is -2.08. The van der Waals surface area contributed by atoms with Gasteiger partial charge in [-0.3, -0.25) is 14.9 Å². The number of ether oxygens (including phenoxy) is 2. The van der Waals surface area contributed by atoms with Crippen LogP contribution in [0.2, 0.25) is 0 Å². The molecule has 0 atom stereocenters. The van der Waals surface area contributed by atoms with E-state index in [-0.39, 0.29) is 17.0 Å². The maximum atomic E-state index is 12.3. The van der Waals surface area contributed by atoms with Gasteiger partial charge in [0.15, 0.2) is 6.61 Å². The van der Waals surface area contributed by atoms with E-state index in [1.54, 1.807) is 30.3 Å². The molecule has 182 valence electrons. The number of carbonyl (C=O) groups is 3. The minimum absolute atomic E-state index is 0.0148. The van der Waals surface area contributed by atoms with E-state index in [0.717, 1.165) is 6.08 Å². The number of methoxy groups -OCH3 is 1. The average Bonchev–Trinajstić information content (AvgIpc) is 3.39. The molecule has 3 rings (SSSR count). The second-order valence-electron chi connectivity index (χ2n) is 6.99. The molecule has 11 heteroatoms. The molecule has 0 unspecified atom stereocenters. The Kier molecular flexibility index (Phi) is 8.54. The first kappa shape index (κ1) is 25.4. The van der Waals surface area contributed by atoms with Gasteiger partial charge in [-0.25, -0.2) is 17.9 Å². The molecule has 35 heavy (non-hydrogen) atoms. The first-order valence-electron chi connectivity index (χ1n) is 10.2. The van der Waals surface area contributed by atoms with Gasteiger partial charge in [0.25, 0.3) is 11.8 Å². The van der Waals surface area contributed by atoms with Gasteiger partial charge in [0.1, 0.15) is 11.5 Å². The van der Waals surface area contributed by atoms with Gasteiger partial charge < -0.3 is 13.9 Å². The molecule has 10 nitrogen and oxygen atoms in total. The van der Waals surface area contributed by atoms with Gasteiger partial charge in [0.2, 0.25) is 10.0 Å². The second kappa shape index (κ2) is 11.8. The van der Waals surface area contributed by atoms with Crippen molar-refractivity contribution in [3.05, 3.63) is 89.9 Å².